The van der Waals surface area contributed by atoms with Gasteiger partial charge in [-0.25, -0.2) is 4.79 Å². The number of nitrogens with zero attached hydrogens (tertiary/aromatic N) is 1. The van der Waals surface area contributed by atoms with Crippen LogP contribution in [0.25, 0.3) is 0 Å². The first kappa shape index (κ1) is 18.3. The Balaban J connectivity index is 1.63. The van der Waals surface area contributed by atoms with E-state index in [1.54, 1.807) is 0 Å². The fourth-order valence-corrected chi connectivity index (χ4v) is 2.96. The minimum atomic E-state index is -4.53. The number of hydrogen-bond acceptors (Lipinski definition) is 2. The molecule has 0 bridgehead atoms. The van der Waals surface area contributed by atoms with Crippen LogP contribution in [0.1, 0.15) is 16.7 Å². The molecule has 0 fully saturated rings. The molecule has 0 saturated heterocycles. The summed E-state index contributed by atoms with van der Waals surface area (Å²) < 4.78 is 44.8. The van der Waals surface area contributed by atoms with Crippen molar-refractivity contribution in [3.8, 4) is 0 Å². The molecule has 0 aromatic heterocycles. The van der Waals surface area contributed by atoms with Crippen LogP contribution in [0.2, 0.25) is 0 Å². The molecule has 2 aromatic rings. The molecule has 0 saturated carbocycles. The zero-order valence-corrected chi connectivity index (χ0v) is 14.2. The van der Waals surface area contributed by atoms with Crippen LogP contribution in [-0.4, -0.2) is 30.6 Å². The summed E-state index contributed by atoms with van der Waals surface area (Å²) in [6.45, 7) is 0.752. The molecule has 138 valence electrons. The van der Waals surface area contributed by atoms with E-state index in [1.807, 2.05) is 24.3 Å². The highest BCUT2D eigenvalue weighted by Gasteiger charge is 2.34. The summed E-state index contributed by atoms with van der Waals surface area (Å²) in [6.07, 6.45) is -4.07. The second kappa shape index (κ2) is 7.37. The molecule has 1 N–H and O–H groups in total. The van der Waals surface area contributed by atoms with Crippen LogP contribution in [0, 0.1) is 0 Å². The zero-order valence-electron chi connectivity index (χ0n) is 14.2. The van der Waals surface area contributed by atoms with E-state index in [4.69, 9.17) is 4.74 Å². The number of nitrogens with one attached hydrogen (secondary N) is 1. The van der Waals surface area contributed by atoms with Crippen LogP contribution < -0.4 is 5.32 Å². The lowest BCUT2D eigenvalue weighted by Crippen LogP contribution is -2.40. The molecule has 7 heteroatoms. The normalized spacial score (nSPS) is 16.7. The van der Waals surface area contributed by atoms with Crippen LogP contribution in [-0.2, 0) is 23.9 Å². The quantitative estimate of drug-likeness (QED) is 0.882. The SMILES string of the molecule is CN(CC1Cc2ccccc2CO1)C(=O)Nc1ccccc1C(F)(F)F. The molecule has 26 heavy (non-hydrogen) atoms. The molecule has 0 spiro atoms. The van der Waals surface area contributed by atoms with E-state index in [0.29, 0.717) is 13.0 Å². The first-order valence-corrected chi connectivity index (χ1v) is 8.21. The number of rotatable bonds is 3. The van der Waals surface area contributed by atoms with Crippen molar-refractivity contribution < 1.29 is 22.7 Å². The number of carbonyl (C=O) groups excluding carboxylic acids is 1. The van der Waals surface area contributed by atoms with Crippen molar-refractivity contribution in [3.05, 3.63) is 65.2 Å². The molecule has 2 amide bonds. The highest BCUT2D eigenvalue weighted by Crippen LogP contribution is 2.34. The Kier molecular flexibility index (Phi) is 5.18. The number of amides is 2. The fraction of sp³-hybridized carbons (Fsp3) is 0.316. The summed E-state index contributed by atoms with van der Waals surface area (Å²) in [5, 5.41) is 2.34. The van der Waals surface area contributed by atoms with Gasteiger partial charge in [0.05, 0.1) is 24.0 Å². The zero-order chi connectivity index (χ0) is 18.7. The molecule has 4 nitrogen and oxygen atoms in total. The van der Waals surface area contributed by atoms with E-state index >= 15 is 0 Å². The third-order valence-electron chi connectivity index (χ3n) is 4.34. The van der Waals surface area contributed by atoms with Gasteiger partial charge in [-0.1, -0.05) is 36.4 Å². The number of para-hydroxylation sites is 1. The van der Waals surface area contributed by atoms with Crippen LogP contribution >= 0.6 is 0 Å². The molecular formula is C19H19F3N2O2. The number of likely N-dealkylation sites (N-methyl/N-ethyl adjacent to an activating group) is 1. The van der Waals surface area contributed by atoms with Crippen LogP contribution in [0.15, 0.2) is 48.5 Å². The molecular weight excluding hydrogens is 345 g/mol. The van der Waals surface area contributed by atoms with Gasteiger partial charge in [0.15, 0.2) is 0 Å². The second-order valence-corrected chi connectivity index (χ2v) is 6.26. The molecule has 0 radical (unpaired) electrons. The number of ether oxygens (including phenoxy) is 1. The summed E-state index contributed by atoms with van der Waals surface area (Å²) in [5.41, 5.74) is 1.16. The van der Waals surface area contributed by atoms with Crippen molar-refractivity contribution in [1.29, 1.82) is 0 Å². The minimum Gasteiger partial charge on any atom is -0.371 e. The lowest BCUT2D eigenvalue weighted by atomic mass is 9.99. The van der Waals surface area contributed by atoms with Crippen molar-refractivity contribution in [2.75, 3.05) is 18.9 Å². The van der Waals surface area contributed by atoms with Gasteiger partial charge < -0.3 is 15.0 Å². The van der Waals surface area contributed by atoms with Crippen molar-refractivity contribution in [1.82, 2.24) is 4.90 Å². The molecule has 1 heterocycles. The highest BCUT2D eigenvalue weighted by molar-refractivity contribution is 5.90. The Hall–Kier alpha value is -2.54. The van der Waals surface area contributed by atoms with Gasteiger partial charge in [-0.15, -0.1) is 0 Å². The third kappa shape index (κ3) is 4.16. The third-order valence-corrected chi connectivity index (χ3v) is 4.34. The van der Waals surface area contributed by atoms with Gasteiger partial charge in [-0.3, -0.25) is 0 Å². The summed E-state index contributed by atoms with van der Waals surface area (Å²) in [4.78, 5) is 13.6. The maximum atomic E-state index is 13.0. The molecule has 0 aliphatic carbocycles. The summed E-state index contributed by atoms with van der Waals surface area (Å²) in [5.74, 6) is 0. The maximum Gasteiger partial charge on any atom is 0.418 e. The Morgan fingerprint density at radius 3 is 2.54 bits per heavy atom. The molecule has 1 aliphatic heterocycles. The predicted molar refractivity (Wildman–Crippen MR) is 91.8 cm³/mol. The Labute approximate surface area is 149 Å². The lowest BCUT2D eigenvalue weighted by molar-refractivity contribution is -0.136. The first-order chi connectivity index (χ1) is 12.3. The number of benzene rings is 2. The smallest absolute Gasteiger partial charge is 0.371 e. The van der Waals surface area contributed by atoms with Crippen molar-refractivity contribution in [2.24, 2.45) is 0 Å². The topological polar surface area (TPSA) is 41.6 Å². The lowest BCUT2D eigenvalue weighted by Gasteiger charge is -2.29. The number of anilines is 1. The van der Waals surface area contributed by atoms with Gasteiger partial charge in [0, 0.05) is 20.0 Å². The summed E-state index contributed by atoms with van der Waals surface area (Å²) in [7, 11) is 1.54. The van der Waals surface area contributed by atoms with E-state index < -0.39 is 17.8 Å². The number of carbonyl (C=O) groups is 1. The van der Waals surface area contributed by atoms with Crippen molar-refractivity contribution in [2.45, 2.75) is 25.3 Å². The van der Waals surface area contributed by atoms with E-state index in [1.165, 1.54) is 35.7 Å². The van der Waals surface area contributed by atoms with E-state index in [2.05, 4.69) is 5.32 Å². The summed E-state index contributed by atoms with van der Waals surface area (Å²) >= 11 is 0. The summed E-state index contributed by atoms with van der Waals surface area (Å²) in [6, 6.07) is 12.2. The maximum absolute atomic E-state index is 13.0. The Morgan fingerprint density at radius 2 is 1.81 bits per heavy atom. The van der Waals surface area contributed by atoms with Gasteiger partial charge in [-0.2, -0.15) is 13.2 Å². The van der Waals surface area contributed by atoms with Gasteiger partial charge in [0.25, 0.3) is 0 Å². The molecule has 2 aromatic carbocycles. The van der Waals surface area contributed by atoms with Gasteiger partial charge >= 0.3 is 12.2 Å². The Bertz CT molecular complexity index is 792. The number of urea groups is 1. The predicted octanol–water partition coefficient (Wildman–Crippen LogP) is 4.31. The van der Waals surface area contributed by atoms with E-state index in [0.717, 1.165) is 11.6 Å². The number of hydrogen-bond donors (Lipinski definition) is 1. The first-order valence-electron chi connectivity index (χ1n) is 8.21. The molecule has 1 unspecified atom stereocenters. The second-order valence-electron chi connectivity index (χ2n) is 6.26. The van der Waals surface area contributed by atoms with Gasteiger partial charge in [-0.05, 0) is 23.3 Å². The number of halogens is 3. The van der Waals surface area contributed by atoms with E-state index in [-0.39, 0.29) is 18.3 Å². The van der Waals surface area contributed by atoms with Gasteiger partial charge in [0.2, 0.25) is 0 Å². The average Bonchev–Trinajstić information content (AvgIpc) is 2.61. The monoisotopic (exact) mass is 364 g/mol. The number of alkyl halides is 3. The van der Waals surface area contributed by atoms with Crippen LogP contribution in [0.4, 0.5) is 23.7 Å². The molecule has 1 aliphatic rings. The van der Waals surface area contributed by atoms with Gasteiger partial charge in [0.1, 0.15) is 0 Å². The Morgan fingerprint density at radius 1 is 1.15 bits per heavy atom. The fourth-order valence-electron chi connectivity index (χ4n) is 2.96. The van der Waals surface area contributed by atoms with Crippen molar-refractivity contribution in [3.63, 3.8) is 0 Å². The van der Waals surface area contributed by atoms with E-state index in [9.17, 15) is 18.0 Å². The average molecular weight is 364 g/mol. The molecule has 3 rings (SSSR count). The largest absolute Gasteiger partial charge is 0.418 e. The van der Waals surface area contributed by atoms with Crippen molar-refractivity contribution >= 4 is 11.7 Å². The minimum absolute atomic E-state index is 0.196. The number of fused-ring (bicyclic) bond motifs is 1. The van der Waals surface area contributed by atoms with Crippen LogP contribution in [0.5, 0.6) is 0 Å². The van der Waals surface area contributed by atoms with Crippen LogP contribution in [0.3, 0.4) is 0 Å². The standard InChI is InChI=1S/C19H19F3N2O2/c1-24(11-15-10-13-6-2-3-7-14(13)12-26-15)18(25)23-17-9-5-4-8-16(17)19(20,21)22/h2-9,15H,10-12H2,1H3,(H,23,25). The highest BCUT2D eigenvalue weighted by atomic mass is 19.4. The molecule has 1 atom stereocenters.